The Bertz CT molecular complexity index is 368. The summed E-state index contributed by atoms with van der Waals surface area (Å²) in [6, 6.07) is 4.80. The molecule has 0 amide bonds. The molecule has 0 radical (unpaired) electrons. The molecule has 4 nitrogen and oxygen atoms in total. The molecular formula is C10H12ClNO3. The Morgan fingerprint density at radius 3 is 2.73 bits per heavy atom. The fourth-order valence-electron chi connectivity index (χ4n) is 1.03. The topological polar surface area (TPSA) is 61.5 Å². The normalized spacial score (nSPS) is 11.9. The summed E-state index contributed by atoms with van der Waals surface area (Å²) in [5.74, 6) is -0.0401. The fraction of sp³-hybridized carbons (Fsp3) is 0.300. The Morgan fingerprint density at radius 1 is 1.53 bits per heavy atom. The molecule has 1 aromatic rings. The number of anilines is 1. The van der Waals surface area contributed by atoms with Gasteiger partial charge in [0.15, 0.2) is 6.10 Å². The minimum atomic E-state index is -0.696. The first-order valence-corrected chi connectivity index (χ1v) is 4.72. The molecule has 0 saturated carbocycles. The number of nitrogen functional groups attached to an aromatic ring is 1. The number of esters is 1. The Kier molecular flexibility index (Phi) is 3.80. The molecule has 1 rings (SSSR count). The van der Waals surface area contributed by atoms with Crippen LogP contribution in [-0.2, 0) is 9.53 Å². The highest BCUT2D eigenvalue weighted by molar-refractivity contribution is 6.30. The van der Waals surface area contributed by atoms with Gasteiger partial charge < -0.3 is 15.2 Å². The number of ether oxygens (including phenoxy) is 2. The maximum absolute atomic E-state index is 11.1. The van der Waals surface area contributed by atoms with Crippen molar-refractivity contribution in [3.05, 3.63) is 23.2 Å². The summed E-state index contributed by atoms with van der Waals surface area (Å²) in [6.45, 7) is 1.58. The van der Waals surface area contributed by atoms with Gasteiger partial charge in [0, 0.05) is 5.02 Å². The summed E-state index contributed by atoms with van der Waals surface area (Å²) in [4.78, 5) is 11.1. The standard InChI is InChI=1S/C10H12ClNO3/c1-6(10(13)14-2)15-9-4-3-7(11)5-8(9)12/h3-6H,12H2,1-2H3. The van der Waals surface area contributed by atoms with Crippen LogP contribution in [0.25, 0.3) is 0 Å². The van der Waals surface area contributed by atoms with Gasteiger partial charge in [-0.05, 0) is 25.1 Å². The van der Waals surface area contributed by atoms with Crippen LogP contribution in [0.4, 0.5) is 5.69 Å². The van der Waals surface area contributed by atoms with E-state index in [0.717, 1.165) is 0 Å². The van der Waals surface area contributed by atoms with E-state index in [1.54, 1.807) is 25.1 Å². The van der Waals surface area contributed by atoms with Gasteiger partial charge in [-0.15, -0.1) is 0 Å². The average molecular weight is 230 g/mol. The number of hydrogen-bond acceptors (Lipinski definition) is 4. The lowest BCUT2D eigenvalue weighted by Gasteiger charge is -2.13. The fourth-order valence-corrected chi connectivity index (χ4v) is 1.21. The predicted molar refractivity (Wildman–Crippen MR) is 58.0 cm³/mol. The molecule has 5 heteroatoms. The summed E-state index contributed by atoms with van der Waals surface area (Å²) in [5, 5.41) is 0.519. The van der Waals surface area contributed by atoms with E-state index in [4.69, 9.17) is 22.1 Å². The molecule has 82 valence electrons. The summed E-state index contributed by atoms with van der Waals surface area (Å²) in [7, 11) is 1.30. The third-order valence-corrected chi connectivity index (χ3v) is 2.04. The van der Waals surface area contributed by atoms with Crippen molar-refractivity contribution in [2.75, 3.05) is 12.8 Å². The maximum atomic E-state index is 11.1. The SMILES string of the molecule is COC(=O)C(C)Oc1ccc(Cl)cc1N. The zero-order valence-corrected chi connectivity index (χ0v) is 9.25. The van der Waals surface area contributed by atoms with Crippen LogP contribution < -0.4 is 10.5 Å². The molecule has 1 aromatic carbocycles. The molecule has 0 aliphatic carbocycles. The van der Waals surface area contributed by atoms with Crippen LogP contribution in [0.15, 0.2) is 18.2 Å². The van der Waals surface area contributed by atoms with Crippen molar-refractivity contribution in [3.63, 3.8) is 0 Å². The number of carbonyl (C=O) groups is 1. The monoisotopic (exact) mass is 229 g/mol. The van der Waals surface area contributed by atoms with Gasteiger partial charge in [0.25, 0.3) is 0 Å². The number of benzene rings is 1. The number of methoxy groups -OCH3 is 1. The van der Waals surface area contributed by atoms with Gasteiger partial charge in [-0.25, -0.2) is 4.79 Å². The second-order valence-corrected chi connectivity index (χ2v) is 3.40. The van der Waals surface area contributed by atoms with Gasteiger partial charge in [-0.1, -0.05) is 11.6 Å². The van der Waals surface area contributed by atoms with E-state index in [-0.39, 0.29) is 0 Å². The number of hydrogen-bond donors (Lipinski definition) is 1. The number of halogens is 1. The van der Waals surface area contributed by atoms with Gasteiger partial charge in [-0.2, -0.15) is 0 Å². The zero-order chi connectivity index (χ0) is 11.4. The lowest BCUT2D eigenvalue weighted by atomic mass is 10.3. The average Bonchev–Trinajstić information content (AvgIpc) is 2.20. The third kappa shape index (κ3) is 3.02. The van der Waals surface area contributed by atoms with Crippen molar-refractivity contribution in [1.29, 1.82) is 0 Å². The van der Waals surface area contributed by atoms with E-state index in [2.05, 4.69) is 4.74 Å². The molecule has 15 heavy (non-hydrogen) atoms. The van der Waals surface area contributed by atoms with Crippen LogP contribution in [0.5, 0.6) is 5.75 Å². The first kappa shape index (κ1) is 11.7. The van der Waals surface area contributed by atoms with Crippen molar-refractivity contribution in [1.82, 2.24) is 0 Å². The molecular weight excluding hydrogens is 218 g/mol. The lowest BCUT2D eigenvalue weighted by molar-refractivity contribution is -0.147. The summed E-state index contributed by atoms with van der Waals surface area (Å²) < 4.78 is 9.81. The van der Waals surface area contributed by atoms with Crippen molar-refractivity contribution in [3.8, 4) is 5.75 Å². The third-order valence-electron chi connectivity index (χ3n) is 1.81. The van der Waals surface area contributed by atoms with Gasteiger partial charge in [-0.3, -0.25) is 0 Å². The van der Waals surface area contributed by atoms with E-state index in [1.807, 2.05) is 0 Å². The van der Waals surface area contributed by atoms with E-state index >= 15 is 0 Å². The summed E-state index contributed by atoms with van der Waals surface area (Å²) in [6.07, 6.45) is -0.696. The minimum absolute atomic E-state index is 0.387. The molecule has 2 N–H and O–H groups in total. The van der Waals surface area contributed by atoms with Crippen LogP contribution in [0.1, 0.15) is 6.92 Å². The van der Waals surface area contributed by atoms with E-state index < -0.39 is 12.1 Å². The summed E-state index contributed by atoms with van der Waals surface area (Å²) in [5.41, 5.74) is 6.04. The van der Waals surface area contributed by atoms with E-state index in [1.165, 1.54) is 7.11 Å². The van der Waals surface area contributed by atoms with Crippen molar-refractivity contribution < 1.29 is 14.3 Å². The largest absolute Gasteiger partial charge is 0.477 e. The maximum Gasteiger partial charge on any atom is 0.346 e. The first-order valence-electron chi connectivity index (χ1n) is 4.34. The van der Waals surface area contributed by atoms with E-state index in [9.17, 15) is 4.79 Å². The highest BCUT2D eigenvalue weighted by atomic mass is 35.5. The molecule has 1 unspecified atom stereocenters. The highest BCUT2D eigenvalue weighted by Crippen LogP contribution is 2.25. The Labute approximate surface area is 92.9 Å². The smallest absolute Gasteiger partial charge is 0.346 e. The number of carbonyl (C=O) groups excluding carboxylic acids is 1. The van der Waals surface area contributed by atoms with Crippen molar-refractivity contribution in [2.24, 2.45) is 0 Å². The molecule has 0 fully saturated rings. The van der Waals surface area contributed by atoms with Crippen LogP contribution in [0.2, 0.25) is 5.02 Å². The molecule has 0 saturated heterocycles. The molecule has 0 aliphatic heterocycles. The predicted octanol–water partition coefficient (Wildman–Crippen LogP) is 1.86. The highest BCUT2D eigenvalue weighted by Gasteiger charge is 2.15. The van der Waals surface area contributed by atoms with Crippen molar-refractivity contribution >= 4 is 23.3 Å². The Morgan fingerprint density at radius 2 is 2.20 bits per heavy atom. The quantitative estimate of drug-likeness (QED) is 0.635. The second kappa shape index (κ2) is 4.89. The van der Waals surface area contributed by atoms with Gasteiger partial charge in [0.05, 0.1) is 12.8 Å². The molecule has 0 aromatic heterocycles. The van der Waals surface area contributed by atoms with Gasteiger partial charge in [0.2, 0.25) is 0 Å². The van der Waals surface area contributed by atoms with Gasteiger partial charge in [0.1, 0.15) is 5.75 Å². The van der Waals surface area contributed by atoms with Crippen molar-refractivity contribution in [2.45, 2.75) is 13.0 Å². The Hall–Kier alpha value is -1.42. The van der Waals surface area contributed by atoms with Crippen LogP contribution in [0, 0.1) is 0 Å². The van der Waals surface area contributed by atoms with Crippen LogP contribution >= 0.6 is 11.6 Å². The number of rotatable bonds is 3. The summed E-state index contributed by atoms with van der Waals surface area (Å²) >= 11 is 5.72. The van der Waals surface area contributed by atoms with Crippen LogP contribution in [-0.4, -0.2) is 19.2 Å². The molecule has 0 spiro atoms. The molecule has 0 heterocycles. The lowest BCUT2D eigenvalue weighted by Crippen LogP contribution is -2.25. The zero-order valence-electron chi connectivity index (χ0n) is 8.49. The first-order chi connectivity index (χ1) is 7.04. The Balaban J connectivity index is 2.76. The second-order valence-electron chi connectivity index (χ2n) is 2.97. The molecule has 0 bridgehead atoms. The van der Waals surface area contributed by atoms with Crippen LogP contribution in [0.3, 0.4) is 0 Å². The van der Waals surface area contributed by atoms with Gasteiger partial charge >= 0.3 is 5.97 Å². The molecule has 1 atom stereocenters. The van der Waals surface area contributed by atoms with E-state index in [0.29, 0.717) is 16.5 Å². The number of nitrogens with two attached hydrogens (primary N) is 1. The minimum Gasteiger partial charge on any atom is -0.477 e. The molecule has 0 aliphatic rings.